The first-order valence-corrected chi connectivity index (χ1v) is 13.9. The molecular weight excluding hydrogens is 486 g/mol. The molecule has 0 fully saturated rings. The van der Waals surface area contributed by atoms with E-state index in [-0.39, 0.29) is 17.7 Å². The Labute approximate surface area is 223 Å². The second kappa shape index (κ2) is 11.9. The van der Waals surface area contributed by atoms with Crippen molar-refractivity contribution in [1.29, 1.82) is 0 Å². The Morgan fingerprint density at radius 2 is 1.73 bits per heavy atom. The minimum Gasteiger partial charge on any atom is -0.493 e. The van der Waals surface area contributed by atoms with Crippen LogP contribution in [0.3, 0.4) is 0 Å². The normalized spacial score (nSPS) is 19.3. The van der Waals surface area contributed by atoms with Gasteiger partial charge in [-0.05, 0) is 67.3 Å². The number of hydrogen-bond donors (Lipinski definition) is 1. The number of Topliss-reactive ketones (excluding diaryl/α,β-unsaturated/α-hetero) is 1. The van der Waals surface area contributed by atoms with Gasteiger partial charge in [0.25, 0.3) is 0 Å². The number of carbonyl (C=O) groups excluding carboxylic acids is 2. The lowest BCUT2D eigenvalue weighted by molar-refractivity contribution is -0.139. The third-order valence-electron chi connectivity index (χ3n) is 7.11. The zero-order valence-electron chi connectivity index (χ0n) is 22.2. The van der Waals surface area contributed by atoms with Gasteiger partial charge in [0.2, 0.25) is 0 Å². The predicted molar refractivity (Wildman–Crippen MR) is 146 cm³/mol. The molecule has 1 aliphatic heterocycles. The summed E-state index contributed by atoms with van der Waals surface area (Å²) in [5.74, 6) is 0.508. The molecule has 0 saturated heterocycles. The van der Waals surface area contributed by atoms with Crippen LogP contribution in [0.25, 0.3) is 0 Å². The Morgan fingerprint density at radius 3 is 2.38 bits per heavy atom. The van der Waals surface area contributed by atoms with Crippen molar-refractivity contribution in [1.82, 2.24) is 5.32 Å². The monoisotopic (exact) mass is 521 g/mol. The number of benzene rings is 2. The van der Waals surface area contributed by atoms with E-state index in [0.29, 0.717) is 42.1 Å². The van der Waals surface area contributed by atoms with Crippen molar-refractivity contribution < 1.29 is 23.8 Å². The minimum absolute atomic E-state index is 0.0103. The molecule has 0 spiro atoms. The topological polar surface area (TPSA) is 73.9 Å². The second-order valence-electron chi connectivity index (χ2n) is 9.39. The van der Waals surface area contributed by atoms with E-state index < -0.39 is 5.92 Å². The number of dihydropyridines is 1. The quantitative estimate of drug-likeness (QED) is 0.242. The molecular formula is C30H35NO5S. The van der Waals surface area contributed by atoms with E-state index in [2.05, 4.69) is 12.2 Å². The number of nitrogens with one attached hydrogen (secondary N) is 1. The zero-order valence-corrected chi connectivity index (χ0v) is 23.0. The molecule has 2 aliphatic rings. The molecule has 1 aliphatic carbocycles. The maximum atomic E-state index is 13.8. The highest BCUT2D eigenvalue weighted by atomic mass is 32.2. The molecule has 0 saturated carbocycles. The summed E-state index contributed by atoms with van der Waals surface area (Å²) in [7, 11) is 3.22. The number of allylic oxidation sites excluding steroid dienone is 3. The van der Waals surface area contributed by atoms with Crippen LogP contribution in [-0.4, -0.2) is 38.8 Å². The number of ketones is 1. The van der Waals surface area contributed by atoms with Gasteiger partial charge in [-0.3, -0.25) is 4.79 Å². The van der Waals surface area contributed by atoms with Crippen molar-refractivity contribution in [3.05, 3.63) is 76.1 Å². The summed E-state index contributed by atoms with van der Waals surface area (Å²) >= 11 is 1.66. The molecule has 196 valence electrons. The molecule has 0 bridgehead atoms. The molecule has 2 aromatic carbocycles. The fourth-order valence-electron chi connectivity index (χ4n) is 5.17. The van der Waals surface area contributed by atoms with Gasteiger partial charge in [0.15, 0.2) is 17.3 Å². The number of methoxy groups -OCH3 is 2. The van der Waals surface area contributed by atoms with Crippen LogP contribution in [-0.2, 0) is 14.3 Å². The third-order valence-corrected chi connectivity index (χ3v) is 7.85. The van der Waals surface area contributed by atoms with E-state index in [1.807, 2.05) is 55.6 Å². The molecule has 4 rings (SSSR count). The number of thioether (sulfide) groups is 1. The largest absolute Gasteiger partial charge is 0.493 e. The average Bonchev–Trinajstić information content (AvgIpc) is 2.91. The molecule has 0 amide bonds. The van der Waals surface area contributed by atoms with Crippen LogP contribution in [0.5, 0.6) is 11.5 Å². The number of hydrogen-bond acceptors (Lipinski definition) is 7. The van der Waals surface area contributed by atoms with Crippen molar-refractivity contribution in [2.75, 3.05) is 27.1 Å². The van der Waals surface area contributed by atoms with Gasteiger partial charge in [-0.1, -0.05) is 31.5 Å². The first kappa shape index (κ1) is 26.9. The summed E-state index contributed by atoms with van der Waals surface area (Å²) in [6, 6.07) is 13.9. The number of ether oxygens (including phenoxy) is 3. The van der Waals surface area contributed by atoms with Crippen LogP contribution in [0, 0.1) is 0 Å². The lowest BCUT2D eigenvalue weighted by atomic mass is 9.71. The first-order valence-electron chi connectivity index (χ1n) is 12.7. The molecule has 7 heteroatoms. The SMILES string of the molecule is CCCCOC(=O)C1=C(C)NC2=C(C(=O)C[C@H](c3ccc(OC)c(OC)c3)C2)[C@H]1c1ccc(SC)cc1. The summed E-state index contributed by atoms with van der Waals surface area (Å²) in [6.07, 6.45) is 4.78. The molecule has 37 heavy (non-hydrogen) atoms. The number of carbonyl (C=O) groups is 2. The Bertz CT molecular complexity index is 1230. The Kier molecular flexibility index (Phi) is 8.64. The lowest BCUT2D eigenvalue weighted by Crippen LogP contribution is -2.36. The highest BCUT2D eigenvalue weighted by molar-refractivity contribution is 7.98. The van der Waals surface area contributed by atoms with E-state index in [0.717, 1.165) is 40.3 Å². The van der Waals surface area contributed by atoms with E-state index in [1.54, 1.807) is 26.0 Å². The van der Waals surface area contributed by atoms with Crippen LogP contribution in [0.1, 0.15) is 62.5 Å². The summed E-state index contributed by atoms with van der Waals surface area (Å²) in [5.41, 5.74) is 4.74. The van der Waals surface area contributed by atoms with E-state index in [1.165, 1.54) is 0 Å². The van der Waals surface area contributed by atoms with Gasteiger partial charge in [-0.15, -0.1) is 11.8 Å². The molecule has 2 atom stereocenters. The van der Waals surface area contributed by atoms with Crippen molar-refractivity contribution in [2.24, 2.45) is 0 Å². The smallest absolute Gasteiger partial charge is 0.336 e. The van der Waals surface area contributed by atoms with Gasteiger partial charge in [-0.25, -0.2) is 4.79 Å². The van der Waals surface area contributed by atoms with Crippen LogP contribution in [0.2, 0.25) is 0 Å². The summed E-state index contributed by atoms with van der Waals surface area (Å²) in [5, 5.41) is 3.42. The lowest BCUT2D eigenvalue weighted by Gasteiger charge is -2.36. The van der Waals surface area contributed by atoms with Gasteiger partial charge < -0.3 is 19.5 Å². The summed E-state index contributed by atoms with van der Waals surface area (Å²) in [6.45, 7) is 4.32. The molecule has 0 aromatic heterocycles. The third kappa shape index (κ3) is 5.57. The first-order chi connectivity index (χ1) is 17.9. The molecule has 1 heterocycles. The van der Waals surface area contributed by atoms with Crippen LogP contribution in [0.4, 0.5) is 0 Å². The van der Waals surface area contributed by atoms with E-state index >= 15 is 0 Å². The van der Waals surface area contributed by atoms with Crippen LogP contribution in [0.15, 0.2) is 69.9 Å². The fourth-order valence-corrected chi connectivity index (χ4v) is 5.58. The van der Waals surface area contributed by atoms with Gasteiger partial charge in [0.1, 0.15) is 0 Å². The Morgan fingerprint density at radius 1 is 1.03 bits per heavy atom. The van der Waals surface area contributed by atoms with Gasteiger partial charge in [-0.2, -0.15) is 0 Å². The Balaban J connectivity index is 1.73. The minimum atomic E-state index is -0.458. The Hall–Kier alpha value is -3.19. The number of unbranched alkanes of at least 4 members (excludes halogenated alkanes) is 1. The summed E-state index contributed by atoms with van der Waals surface area (Å²) < 4.78 is 16.5. The van der Waals surface area contributed by atoms with Crippen molar-refractivity contribution in [3.63, 3.8) is 0 Å². The van der Waals surface area contributed by atoms with Crippen molar-refractivity contribution >= 4 is 23.5 Å². The molecule has 6 nitrogen and oxygen atoms in total. The predicted octanol–water partition coefficient (Wildman–Crippen LogP) is 6.13. The average molecular weight is 522 g/mol. The molecule has 1 N–H and O–H groups in total. The highest BCUT2D eigenvalue weighted by Gasteiger charge is 2.41. The molecule has 0 unspecified atom stereocenters. The van der Waals surface area contributed by atoms with Crippen molar-refractivity contribution in [3.8, 4) is 11.5 Å². The number of esters is 1. The van der Waals surface area contributed by atoms with E-state index in [4.69, 9.17) is 14.2 Å². The van der Waals surface area contributed by atoms with Crippen LogP contribution >= 0.6 is 11.8 Å². The summed E-state index contributed by atoms with van der Waals surface area (Å²) in [4.78, 5) is 28.2. The highest BCUT2D eigenvalue weighted by Crippen LogP contribution is 2.46. The van der Waals surface area contributed by atoms with Gasteiger partial charge in [0, 0.05) is 34.2 Å². The molecule has 2 aromatic rings. The van der Waals surface area contributed by atoms with Crippen molar-refractivity contribution in [2.45, 2.75) is 56.3 Å². The van der Waals surface area contributed by atoms with Crippen LogP contribution < -0.4 is 14.8 Å². The maximum Gasteiger partial charge on any atom is 0.336 e. The number of rotatable bonds is 9. The maximum absolute atomic E-state index is 13.8. The van der Waals surface area contributed by atoms with Gasteiger partial charge >= 0.3 is 5.97 Å². The standard InChI is InChI=1S/C30H35NO5S/c1-6-7-14-36-30(33)27-18(2)31-23-15-21(20-10-13-25(34-3)26(17-20)35-4)16-24(32)29(23)28(27)19-8-11-22(37-5)12-9-19/h8-13,17,21,28,31H,6-7,14-16H2,1-5H3/t21-,28+/m1/s1. The second-order valence-corrected chi connectivity index (χ2v) is 10.3. The fraction of sp³-hybridized carbons (Fsp3) is 0.400. The zero-order chi connectivity index (χ0) is 26.5. The van der Waals surface area contributed by atoms with Gasteiger partial charge in [0.05, 0.1) is 26.4 Å². The molecule has 0 radical (unpaired) electrons. The van der Waals surface area contributed by atoms with E-state index in [9.17, 15) is 9.59 Å².